The van der Waals surface area contributed by atoms with Crippen LogP contribution in [0, 0.1) is 0 Å². The maximum Gasteiger partial charge on any atom is 0.337 e. The van der Waals surface area contributed by atoms with Gasteiger partial charge >= 0.3 is 5.97 Å². The van der Waals surface area contributed by atoms with Gasteiger partial charge < -0.3 is 14.8 Å². The second kappa shape index (κ2) is 5.23. The molecule has 1 aliphatic rings. The predicted octanol–water partition coefficient (Wildman–Crippen LogP) is 1.97. The van der Waals surface area contributed by atoms with Crippen LogP contribution < -0.4 is 5.32 Å². The van der Waals surface area contributed by atoms with Gasteiger partial charge in [0.15, 0.2) is 0 Å². The van der Waals surface area contributed by atoms with Gasteiger partial charge in [0.05, 0.1) is 12.6 Å². The van der Waals surface area contributed by atoms with Crippen LogP contribution in [0.5, 0.6) is 0 Å². The normalized spacial score (nSPS) is 17.7. The monoisotopic (exact) mass is 247 g/mol. The van der Waals surface area contributed by atoms with Gasteiger partial charge in [0.2, 0.25) is 5.79 Å². The number of benzene rings is 1. The number of hydrogen-bond acceptors (Lipinski definition) is 4. The Morgan fingerprint density at radius 1 is 1.11 bits per heavy atom. The van der Waals surface area contributed by atoms with Gasteiger partial charge in [0, 0.05) is 20.4 Å². The minimum Gasteiger partial charge on any atom is -0.456 e. The number of carbonyl (C=O) groups excluding carboxylic acids is 1. The second-order valence-electron chi connectivity index (χ2n) is 4.62. The van der Waals surface area contributed by atoms with Gasteiger partial charge in [0.1, 0.15) is 5.76 Å². The van der Waals surface area contributed by atoms with Gasteiger partial charge in [-0.15, -0.1) is 0 Å². The third kappa shape index (κ3) is 3.60. The van der Waals surface area contributed by atoms with E-state index in [9.17, 15) is 4.79 Å². The predicted molar refractivity (Wildman–Crippen MR) is 67.5 cm³/mol. The Kier molecular flexibility index (Phi) is 3.67. The van der Waals surface area contributed by atoms with Gasteiger partial charge in [-0.1, -0.05) is 30.3 Å². The molecule has 4 heteroatoms. The third-order valence-corrected chi connectivity index (χ3v) is 2.47. The molecule has 0 aliphatic carbocycles. The summed E-state index contributed by atoms with van der Waals surface area (Å²) in [6.07, 6.45) is 1.38. The van der Waals surface area contributed by atoms with Crippen molar-refractivity contribution < 1.29 is 14.3 Å². The first-order valence-electron chi connectivity index (χ1n) is 5.92. The molecule has 18 heavy (non-hydrogen) atoms. The van der Waals surface area contributed by atoms with Gasteiger partial charge in [-0.25, -0.2) is 4.79 Å². The molecular formula is C14H17NO3. The lowest BCUT2D eigenvalue weighted by Gasteiger charge is -2.30. The zero-order valence-corrected chi connectivity index (χ0v) is 10.6. The smallest absolute Gasteiger partial charge is 0.337 e. The molecule has 1 N–H and O–H groups in total. The summed E-state index contributed by atoms with van der Waals surface area (Å²) in [5.41, 5.74) is 1.19. The zero-order chi connectivity index (χ0) is 13.0. The molecule has 1 aromatic carbocycles. The van der Waals surface area contributed by atoms with Crippen molar-refractivity contribution >= 4 is 5.97 Å². The van der Waals surface area contributed by atoms with E-state index in [1.165, 1.54) is 11.6 Å². The molecule has 0 aromatic heterocycles. The summed E-state index contributed by atoms with van der Waals surface area (Å²) in [5, 5.41) is 3.23. The minimum atomic E-state index is -0.879. The summed E-state index contributed by atoms with van der Waals surface area (Å²) in [7, 11) is 0. The Bertz CT molecular complexity index is 451. The fourth-order valence-corrected chi connectivity index (χ4v) is 1.78. The molecule has 1 aromatic rings. The first kappa shape index (κ1) is 12.6. The molecule has 1 heterocycles. The Morgan fingerprint density at radius 2 is 1.83 bits per heavy atom. The van der Waals surface area contributed by atoms with Crippen molar-refractivity contribution in [1.82, 2.24) is 5.32 Å². The van der Waals surface area contributed by atoms with Crippen molar-refractivity contribution in [2.75, 3.05) is 6.54 Å². The lowest BCUT2D eigenvalue weighted by Crippen LogP contribution is -2.36. The maximum absolute atomic E-state index is 11.3. The van der Waals surface area contributed by atoms with E-state index in [0.29, 0.717) is 12.3 Å². The summed E-state index contributed by atoms with van der Waals surface area (Å²) in [5.74, 6) is -0.634. The van der Waals surface area contributed by atoms with Gasteiger partial charge in [0.25, 0.3) is 0 Å². The summed E-state index contributed by atoms with van der Waals surface area (Å²) in [6.45, 7) is 4.68. The van der Waals surface area contributed by atoms with Crippen molar-refractivity contribution in [3.63, 3.8) is 0 Å². The lowest BCUT2D eigenvalue weighted by molar-refractivity contribution is -0.205. The average molecular weight is 247 g/mol. The molecule has 0 spiro atoms. The molecule has 0 unspecified atom stereocenters. The quantitative estimate of drug-likeness (QED) is 0.826. The molecule has 96 valence electrons. The van der Waals surface area contributed by atoms with E-state index in [1.807, 2.05) is 30.3 Å². The largest absolute Gasteiger partial charge is 0.456 e. The van der Waals surface area contributed by atoms with Crippen LogP contribution in [0.2, 0.25) is 0 Å². The fraction of sp³-hybridized carbons (Fsp3) is 0.357. The molecule has 2 rings (SSSR count). The Morgan fingerprint density at radius 3 is 2.50 bits per heavy atom. The number of carbonyl (C=O) groups is 1. The molecule has 4 nitrogen and oxygen atoms in total. The third-order valence-electron chi connectivity index (χ3n) is 2.47. The highest BCUT2D eigenvalue weighted by molar-refractivity contribution is 5.83. The Labute approximate surface area is 107 Å². The van der Waals surface area contributed by atoms with Crippen LogP contribution in [0.4, 0.5) is 0 Å². The van der Waals surface area contributed by atoms with E-state index in [-0.39, 0.29) is 5.97 Å². The average Bonchev–Trinajstić information content (AvgIpc) is 2.27. The molecule has 0 saturated heterocycles. The molecule has 0 amide bonds. The summed E-state index contributed by atoms with van der Waals surface area (Å²) >= 11 is 0. The summed E-state index contributed by atoms with van der Waals surface area (Å²) in [6, 6.07) is 10.1. The van der Waals surface area contributed by atoms with E-state index in [1.54, 1.807) is 13.8 Å². The van der Waals surface area contributed by atoms with Crippen LogP contribution in [0.1, 0.15) is 19.4 Å². The molecule has 0 bridgehead atoms. The van der Waals surface area contributed by atoms with Gasteiger partial charge in [-0.05, 0) is 5.56 Å². The highest BCUT2D eigenvalue weighted by Crippen LogP contribution is 2.21. The molecule has 1 aliphatic heterocycles. The fourth-order valence-electron chi connectivity index (χ4n) is 1.78. The van der Waals surface area contributed by atoms with Crippen molar-refractivity contribution in [3.05, 3.63) is 47.7 Å². The van der Waals surface area contributed by atoms with Crippen molar-refractivity contribution in [2.45, 2.75) is 26.2 Å². The molecule has 0 saturated carbocycles. The molecule has 0 radical (unpaired) electrons. The highest BCUT2D eigenvalue weighted by Gasteiger charge is 2.29. The number of esters is 1. The first-order valence-corrected chi connectivity index (χ1v) is 5.92. The molecule has 0 fully saturated rings. The van der Waals surface area contributed by atoms with E-state index in [2.05, 4.69) is 5.32 Å². The van der Waals surface area contributed by atoms with Crippen LogP contribution in [-0.2, 0) is 20.8 Å². The standard InChI is InChI=1S/C14H17NO3/c1-14(2)17-12(8-13(16)18-14)10-15-9-11-6-4-3-5-7-11/h3-8,15H,9-10H2,1-2H3. The number of hydrogen-bond donors (Lipinski definition) is 1. The topological polar surface area (TPSA) is 47.6 Å². The first-order chi connectivity index (χ1) is 8.55. The number of nitrogens with one attached hydrogen (secondary N) is 1. The second-order valence-corrected chi connectivity index (χ2v) is 4.62. The maximum atomic E-state index is 11.3. The molecule has 0 atom stereocenters. The van der Waals surface area contributed by atoms with Crippen LogP contribution in [-0.4, -0.2) is 18.3 Å². The lowest BCUT2D eigenvalue weighted by atomic mass is 10.2. The van der Waals surface area contributed by atoms with Gasteiger partial charge in [-0.2, -0.15) is 0 Å². The van der Waals surface area contributed by atoms with Gasteiger partial charge in [-0.3, -0.25) is 0 Å². The van der Waals surface area contributed by atoms with Crippen LogP contribution in [0.15, 0.2) is 42.2 Å². The van der Waals surface area contributed by atoms with Crippen LogP contribution in [0.3, 0.4) is 0 Å². The zero-order valence-electron chi connectivity index (χ0n) is 10.6. The van der Waals surface area contributed by atoms with Crippen molar-refractivity contribution in [2.24, 2.45) is 0 Å². The van der Waals surface area contributed by atoms with E-state index >= 15 is 0 Å². The Balaban J connectivity index is 1.85. The van der Waals surface area contributed by atoms with Crippen LogP contribution >= 0.6 is 0 Å². The van der Waals surface area contributed by atoms with Crippen LogP contribution in [0.25, 0.3) is 0 Å². The van der Waals surface area contributed by atoms with E-state index in [4.69, 9.17) is 9.47 Å². The minimum absolute atomic E-state index is 0.359. The van der Waals surface area contributed by atoms with E-state index in [0.717, 1.165) is 6.54 Å². The summed E-state index contributed by atoms with van der Waals surface area (Å²) < 4.78 is 10.5. The van der Waals surface area contributed by atoms with Crippen molar-refractivity contribution in [1.29, 1.82) is 0 Å². The Hall–Kier alpha value is -1.81. The van der Waals surface area contributed by atoms with Crippen molar-refractivity contribution in [3.8, 4) is 0 Å². The number of rotatable bonds is 4. The number of ether oxygens (including phenoxy) is 2. The molecular weight excluding hydrogens is 230 g/mol. The number of cyclic esters (lactones) is 1. The SMILES string of the molecule is CC1(C)OC(=O)C=C(CNCc2ccccc2)O1. The van der Waals surface area contributed by atoms with E-state index < -0.39 is 5.79 Å². The highest BCUT2D eigenvalue weighted by atomic mass is 16.7. The summed E-state index contributed by atoms with van der Waals surface area (Å²) in [4.78, 5) is 11.3.